The largest absolute Gasteiger partial charge is 0.480 e. The first-order valence-electron chi connectivity index (χ1n) is 7.15. The van der Waals surface area contributed by atoms with Crippen LogP contribution in [0.1, 0.15) is 33.6 Å². The van der Waals surface area contributed by atoms with Crippen LogP contribution in [0.15, 0.2) is 0 Å². The molecule has 0 bridgehead atoms. The Hall–Kier alpha value is -0.910. The minimum absolute atomic E-state index is 0.154. The topological polar surface area (TPSA) is 69.6 Å². The molecule has 0 saturated carbocycles. The molecule has 4 atom stereocenters. The van der Waals surface area contributed by atoms with Gasteiger partial charge in [0, 0.05) is 12.6 Å². The fourth-order valence-corrected chi connectivity index (χ4v) is 3.18. The number of nitrogens with zero attached hydrogens (tertiary/aromatic N) is 1. The van der Waals surface area contributed by atoms with E-state index in [-0.39, 0.29) is 12.1 Å². The second-order valence-electron chi connectivity index (χ2n) is 5.83. The van der Waals surface area contributed by atoms with Crippen LogP contribution in [0.25, 0.3) is 0 Å². The van der Waals surface area contributed by atoms with Crippen molar-refractivity contribution in [2.75, 3.05) is 18.6 Å². The van der Waals surface area contributed by atoms with Gasteiger partial charge in [0.2, 0.25) is 0 Å². The van der Waals surface area contributed by atoms with Crippen LogP contribution in [0.4, 0.5) is 4.79 Å². The fraction of sp³-hybridized carbons (Fsp3) is 0.857. The Balaban J connectivity index is 2.65. The molecule has 116 valence electrons. The molecule has 1 heterocycles. The van der Waals surface area contributed by atoms with Crippen molar-refractivity contribution < 1.29 is 14.7 Å². The molecule has 0 aliphatic carbocycles. The lowest BCUT2D eigenvalue weighted by Crippen LogP contribution is -2.55. The van der Waals surface area contributed by atoms with E-state index in [1.807, 2.05) is 13.2 Å². The van der Waals surface area contributed by atoms with Gasteiger partial charge >= 0.3 is 12.0 Å². The van der Waals surface area contributed by atoms with Crippen molar-refractivity contribution in [1.29, 1.82) is 0 Å². The van der Waals surface area contributed by atoms with Crippen LogP contribution in [-0.2, 0) is 4.79 Å². The quantitative estimate of drug-likeness (QED) is 0.817. The van der Waals surface area contributed by atoms with Crippen molar-refractivity contribution in [3.05, 3.63) is 0 Å². The number of amides is 2. The van der Waals surface area contributed by atoms with Gasteiger partial charge in [0.25, 0.3) is 0 Å². The zero-order chi connectivity index (χ0) is 15.3. The minimum atomic E-state index is -0.960. The average molecular weight is 302 g/mol. The zero-order valence-corrected chi connectivity index (χ0v) is 13.6. The lowest BCUT2D eigenvalue weighted by atomic mass is 9.86. The molecule has 0 radical (unpaired) electrons. The molecule has 1 fully saturated rings. The van der Waals surface area contributed by atoms with Crippen LogP contribution in [0.3, 0.4) is 0 Å². The maximum absolute atomic E-state index is 12.3. The molecule has 1 saturated heterocycles. The first-order chi connectivity index (χ1) is 9.36. The van der Waals surface area contributed by atoms with Gasteiger partial charge in [-0.2, -0.15) is 11.8 Å². The van der Waals surface area contributed by atoms with Crippen molar-refractivity contribution >= 4 is 23.8 Å². The fourth-order valence-electron chi connectivity index (χ4n) is 2.71. The molecule has 20 heavy (non-hydrogen) atoms. The predicted octanol–water partition coefficient (Wildman–Crippen LogP) is 2.27. The normalized spacial score (nSPS) is 28.0. The summed E-state index contributed by atoms with van der Waals surface area (Å²) in [6, 6.07) is -0.889. The number of hydrogen-bond donors (Lipinski definition) is 2. The summed E-state index contributed by atoms with van der Waals surface area (Å²) in [5, 5.41) is 11.8. The summed E-state index contributed by atoms with van der Waals surface area (Å²) >= 11 is 1.58. The SMILES string of the molecule is CSCC[C@H](NC(=O)N1CC(C)CC(C)C1C)C(=O)O. The molecular formula is C14H26N2O3S. The third-order valence-corrected chi connectivity index (χ3v) is 4.71. The van der Waals surface area contributed by atoms with Gasteiger partial charge in [0.15, 0.2) is 0 Å². The molecule has 0 spiro atoms. The summed E-state index contributed by atoms with van der Waals surface area (Å²) in [5.41, 5.74) is 0. The summed E-state index contributed by atoms with van der Waals surface area (Å²) < 4.78 is 0. The Morgan fingerprint density at radius 3 is 2.60 bits per heavy atom. The van der Waals surface area contributed by atoms with Gasteiger partial charge in [-0.25, -0.2) is 9.59 Å². The maximum Gasteiger partial charge on any atom is 0.326 e. The van der Waals surface area contributed by atoms with Crippen LogP contribution < -0.4 is 5.32 Å². The number of hydrogen-bond acceptors (Lipinski definition) is 3. The number of nitrogens with one attached hydrogen (secondary N) is 1. The van der Waals surface area contributed by atoms with Crippen LogP contribution in [-0.4, -0.2) is 52.6 Å². The molecule has 5 nitrogen and oxygen atoms in total. The van der Waals surface area contributed by atoms with Crippen LogP contribution in [0.5, 0.6) is 0 Å². The van der Waals surface area contributed by atoms with Crippen molar-refractivity contribution in [2.45, 2.75) is 45.7 Å². The van der Waals surface area contributed by atoms with Gasteiger partial charge in [0.1, 0.15) is 6.04 Å². The monoisotopic (exact) mass is 302 g/mol. The number of urea groups is 1. The van der Waals surface area contributed by atoms with E-state index in [0.29, 0.717) is 24.8 Å². The number of piperidine rings is 1. The first kappa shape index (κ1) is 17.1. The second kappa shape index (κ2) is 7.76. The molecule has 1 aliphatic rings. The van der Waals surface area contributed by atoms with E-state index in [1.54, 1.807) is 16.7 Å². The van der Waals surface area contributed by atoms with Gasteiger partial charge in [0.05, 0.1) is 0 Å². The second-order valence-corrected chi connectivity index (χ2v) is 6.82. The molecule has 6 heteroatoms. The number of aliphatic carboxylic acids is 1. The third-order valence-electron chi connectivity index (χ3n) is 4.06. The summed E-state index contributed by atoms with van der Waals surface area (Å²) in [6.07, 6.45) is 3.49. The Morgan fingerprint density at radius 1 is 1.40 bits per heavy atom. The van der Waals surface area contributed by atoms with E-state index < -0.39 is 12.0 Å². The number of carboxylic acid groups (broad SMARTS) is 1. The van der Waals surface area contributed by atoms with Gasteiger partial charge in [-0.3, -0.25) is 0 Å². The van der Waals surface area contributed by atoms with E-state index in [0.717, 1.165) is 12.2 Å². The van der Waals surface area contributed by atoms with Gasteiger partial charge < -0.3 is 15.3 Å². The molecule has 0 aromatic rings. The zero-order valence-electron chi connectivity index (χ0n) is 12.8. The van der Waals surface area contributed by atoms with Gasteiger partial charge in [-0.1, -0.05) is 13.8 Å². The average Bonchev–Trinajstić information content (AvgIpc) is 2.38. The van der Waals surface area contributed by atoms with E-state index >= 15 is 0 Å². The number of carbonyl (C=O) groups excluding carboxylic acids is 1. The highest BCUT2D eigenvalue weighted by Gasteiger charge is 2.33. The van der Waals surface area contributed by atoms with Crippen molar-refractivity contribution in [3.8, 4) is 0 Å². The van der Waals surface area contributed by atoms with Gasteiger partial charge in [-0.05, 0) is 43.6 Å². The lowest BCUT2D eigenvalue weighted by Gasteiger charge is -2.41. The van der Waals surface area contributed by atoms with E-state index in [1.165, 1.54) is 0 Å². The van der Waals surface area contributed by atoms with Crippen molar-refractivity contribution in [1.82, 2.24) is 10.2 Å². The standard InChI is InChI=1S/C14H26N2O3S/c1-9-7-10(2)11(3)16(8-9)14(19)15-12(13(17)18)5-6-20-4/h9-12H,5-8H2,1-4H3,(H,15,19)(H,17,18)/t9?,10?,11?,12-/m0/s1. The van der Waals surface area contributed by atoms with Crippen LogP contribution in [0.2, 0.25) is 0 Å². The number of likely N-dealkylation sites (tertiary alicyclic amines) is 1. The summed E-state index contributed by atoms with van der Waals surface area (Å²) in [7, 11) is 0. The highest BCUT2D eigenvalue weighted by atomic mass is 32.2. The van der Waals surface area contributed by atoms with Crippen LogP contribution >= 0.6 is 11.8 Å². The first-order valence-corrected chi connectivity index (χ1v) is 8.55. The highest BCUT2D eigenvalue weighted by Crippen LogP contribution is 2.26. The highest BCUT2D eigenvalue weighted by molar-refractivity contribution is 7.98. The molecular weight excluding hydrogens is 276 g/mol. The van der Waals surface area contributed by atoms with E-state index in [2.05, 4.69) is 19.2 Å². The van der Waals surface area contributed by atoms with Gasteiger partial charge in [-0.15, -0.1) is 0 Å². The number of carbonyl (C=O) groups is 2. The summed E-state index contributed by atoms with van der Waals surface area (Å²) in [4.78, 5) is 25.3. The molecule has 0 aromatic heterocycles. The predicted molar refractivity (Wildman–Crippen MR) is 82.1 cm³/mol. The maximum atomic E-state index is 12.3. The number of thioether (sulfide) groups is 1. The third kappa shape index (κ3) is 4.58. The van der Waals surface area contributed by atoms with Crippen molar-refractivity contribution in [2.24, 2.45) is 11.8 Å². The lowest BCUT2D eigenvalue weighted by molar-refractivity contribution is -0.139. The molecule has 2 amide bonds. The van der Waals surface area contributed by atoms with Crippen molar-refractivity contribution in [3.63, 3.8) is 0 Å². The Kier molecular flexibility index (Phi) is 6.65. The Bertz CT molecular complexity index is 351. The molecule has 0 aromatic carbocycles. The smallest absolute Gasteiger partial charge is 0.326 e. The van der Waals surface area contributed by atoms with E-state index in [4.69, 9.17) is 0 Å². The molecule has 1 aliphatic heterocycles. The minimum Gasteiger partial charge on any atom is -0.480 e. The Labute approximate surface area is 125 Å². The van der Waals surface area contributed by atoms with Crippen LogP contribution in [0, 0.1) is 11.8 Å². The summed E-state index contributed by atoms with van der Waals surface area (Å²) in [5.74, 6) is 0.665. The molecule has 2 N–H and O–H groups in total. The molecule has 1 rings (SSSR count). The molecule has 3 unspecified atom stereocenters. The number of carboxylic acids is 1. The Morgan fingerprint density at radius 2 is 2.05 bits per heavy atom. The van der Waals surface area contributed by atoms with E-state index in [9.17, 15) is 14.7 Å². The number of rotatable bonds is 5. The summed E-state index contributed by atoms with van der Waals surface area (Å²) in [6.45, 7) is 7.01.